The highest BCUT2D eigenvalue weighted by atomic mass is 35.5. The predicted octanol–water partition coefficient (Wildman–Crippen LogP) is 6.02. The topological polar surface area (TPSA) is 42.0 Å². The average Bonchev–Trinajstić information content (AvgIpc) is 2.70. The van der Waals surface area contributed by atoms with Gasteiger partial charge in [0.05, 0.1) is 16.4 Å². The van der Waals surface area contributed by atoms with Crippen LogP contribution in [-0.4, -0.2) is 9.38 Å². The summed E-state index contributed by atoms with van der Waals surface area (Å²) in [4.78, 5) is 4.40. The molecule has 0 aliphatic rings. The molecule has 106 valence electrons. The Morgan fingerprint density at radius 1 is 0.952 bits per heavy atom. The Labute approximate surface area is 136 Å². The highest BCUT2D eigenvalue weighted by molar-refractivity contribution is 6.35. The minimum atomic E-state index is 0.509. The van der Waals surface area contributed by atoms with E-state index < -0.39 is 0 Å². The van der Waals surface area contributed by atoms with Crippen LogP contribution in [0.2, 0.25) is 15.1 Å². The van der Waals surface area contributed by atoms with Crippen LogP contribution in [-0.2, 0) is 0 Å². The van der Waals surface area contributed by atoms with Crippen LogP contribution in [0.5, 0.6) is 0 Å². The van der Waals surface area contributed by atoms with Crippen molar-refractivity contribution in [1.29, 1.82) is 0 Å². The van der Waals surface area contributed by atoms with E-state index in [1.165, 1.54) is 0 Å². The molecule has 0 unspecified atom stereocenters. The number of aromatic nitrogens is 2. The molecular formula is C14H9Cl3N4. The van der Waals surface area contributed by atoms with Gasteiger partial charge in [-0.2, -0.15) is 0 Å². The monoisotopic (exact) mass is 338 g/mol. The van der Waals surface area contributed by atoms with E-state index in [1.54, 1.807) is 34.9 Å². The van der Waals surface area contributed by atoms with Crippen molar-refractivity contribution in [3.63, 3.8) is 0 Å². The van der Waals surface area contributed by atoms with Crippen LogP contribution in [0.4, 0.5) is 11.5 Å². The van der Waals surface area contributed by atoms with Gasteiger partial charge in [-0.3, -0.25) is 4.40 Å². The lowest BCUT2D eigenvalue weighted by Gasteiger charge is -1.98. The number of azo groups is 1. The van der Waals surface area contributed by atoms with Crippen LogP contribution in [0, 0.1) is 6.92 Å². The smallest absolute Gasteiger partial charge is 0.182 e. The quantitative estimate of drug-likeness (QED) is 0.526. The van der Waals surface area contributed by atoms with Gasteiger partial charge in [0.15, 0.2) is 5.82 Å². The summed E-state index contributed by atoms with van der Waals surface area (Å²) in [5.41, 5.74) is 2.09. The van der Waals surface area contributed by atoms with Crippen LogP contribution in [0.25, 0.3) is 5.65 Å². The first-order valence-electron chi connectivity index (χ1n) is 6.05. The summed E-state index contributed by atoms with van der Waals surface area (Å²) >= 11 is 17.9. The largest absolute Gasteiger partial charge is 0.281 e. The zero-order valence-corrected chi connectivity index (χ0v) is 13.2. The molecule has 0 atom stereocenters. The number of benzene rings is 1. The number of fused-ring (bicyclic) bond motifs is 1. The molecule has 0 spiro atoms. The van der Waals surface area contributed by atoms with Crippen molar-refractivity contribution >= 4 is 52.0 Å². The third-order valence-electron chi connectivity index (χ3n) is 2.83. The van der Waals surface area contributed by atoms with Gasteiger partial charge in [0.2, 0.25) is 0 Å². The molecule has 4 nitrogen and oxygen atoms in total. The van der Waals surface area contributed by atoms with Crippen molar-refractivity contribution in [2.75, 3.05) is 0 Å². The minimum absolute atomic E-state index is 0.509. The van der Waals surface area contributed by atoms with E-state index in [9.17, 15) is 0 Å². The predicted molar refractivity (Wildman–Crippen MR) is 85.6 cm³/mol. The SMILES string of the molecule is Cc1nc2ccc(Cl)cn2c1N=Nc1cc(Cl)cc(Cl)c1. The van der Waals surface area contributed by atoms with Crippen LogP contribution < -0.4 is 0 Å². The summed E-state index contributed by atoms with van der Waals surface area (Å²) in [6.07, 6.45) is 1.75. The molecule has 0 bridgehead atoms. The van der Waals surface area contributed by atoms with Gasteiger partial charge in [-0.1, -0.05) is 34.8 Å². The first-order chi connectivity index (χ1) is 10.0. The molecule has 1 aromatic carbocycles. The number of nitrogens with zero attached hydrogens (tertiary/aromatic N) is 4. The molecule has 7 heteroatoms. The first-order valence-corrected chi connectivity index (χ1v) is 7.18. The van der Waals surface area contributed by atoms with E-state index in [0.717, 1.165) is 11.3 Å². The number of rotatable bonds is 2. The van der Waals surface area contributed by atoms with E-state index in [1.807, 2.05) is 13.0 Å². The Kier molecular flexibility index (Phi) is 3.85. The van der Waals surface area contributed by atoms with Crippen molar-refractivity contribution in [1.82, 2.24) is 9.38 Å². The molecule has 0 saturated heterocycles. The molecule has 21 heavy (non-hydrogen) atoms. The molecule has 0 amide bonds. The van der Waals surface area contributed by atoms with Gasteiger partial charge in [0.25, 0.3) is 0 Å². The lowest BCUT2D eigenvalue weighted by atomic mass is 10.3. The molecule has 0 aliphatic heterocycles. The van der Waals surface area contributed by atoms with Gasteiger partial charge in [-0.15, -0.1) is 10.2 Å². The van der Waals surface area contributed by atoms with E-state index >= 15 is 0 Å². The summed E-state index contributed by atoms with van der Waals surface area (Å²) in [6.45, 7) is 1.86. The summed E-state index contributed by atoms with van der Waals surface area (Å²) in [5, 5.41) is 10.0. The average molecular weight is 340 g/mol. The fourth-order valence-electron chi connectivity index (χ4n) is 1.95. The summed E-state index contributed by atoms with van der Waals surface area (Å²) in [6, 6.07) is 8.61. The van der Waals surface area contributed by atoms with Gasteiger partial charge in [0, 0.05) is 16.2 Å². The zero-order valence-electron chi connectivity index (χ0n) is 10.9. The maximum atomic E-state index is 6.00. The Morgan fingerprint density at radius 3 is 2.38 bits per heavy atom. The van der Waals surface area contributed by atoms with Gasteiger partial charge in [-0.05, 0) is 37.3 Å². The Balaban J connectivity index is 2.06. The van der Waals surface area contributed by atoms with E-state index in [0.29, 0.717) is 26.6 Å². The number of halogens is 3. The molecule has 3 aromatic rings. The van der Waals surface area contributed by atoms with Crippen molar-refractivity contribution in [3.05, 3.63) is 57.3 Å². The summed E-state index contributed by atoms with van der Waals surface area (Å²) in [7, 11) is 0. The molecule has 0 N–H and O–H groups in total. The molecular weight excluding hydrogens is 331 g/mol. The van der Waals surface area contributed by atoms with Crippen LogP contribution in [0.1, 0.15) is 5.69 Å². The Hall–Kier alpha value is -1.62. The number of imidazole rings is 1. The Bertz CT molecular complexity index is 835. The highest BCUT2D eigenvalue weighted by Gasteiger charge is 2.08. The lowest BCUT2D eigenvalue weighted by Crippen LogP contribution is -1.82. The molecule has 2 aromatic heterocycles. The second kappa shape index (κ2) is 5.64. The number of hydrogen-bond acceptors (Lipinski definition) is 3. The second-order valence-corrected chi connectivity index (χ2v) is 5.73. The summed E-state index contributed by atoms with van der Waals surface area (Å²) in [5.74, 6) is 0.614. The normalized spacial score (nSPS) is 11.6. The lowest BCUT2D eigenvalue weighted by molar-refractivity contribution is 1.09. The molecule has 0 radical (unpaired) electrons. The van der Waals surface area contributed by atoms with Crippen molar-refractivity contribution in [2.45, 2.75) is 6.92 Å². The first kappa shape index (κ1) is 14.3. The number of hydrogen-bond donors (Lipinski definition) is 0. The number of aryl methyl sites for hydroxylation is 1. The molecule has 0 aliphatic carbocycles. The van der Waals surface area contributed by atoms with Crippen LogP contribution in [0.3, 0.4) is 0 Å². The minimum Gasteiger partial charge on any atom is -0.281 e. The maximum absolute atomic E-state index is 6.00. The zero-order chi connectivity index (χ0) is 15.0. The Morgan fingerprint density at radius 2 is 1.67 bits per heavy atom. The van der Waals surface area contributed by atoms with Crippen LogP contribution >= 0.6 is 34.8 Å². The molecule has 2 heterocycles. The third kappa shape index (κ3) is 3.02. The van der Waals surface area contributed by atoms with Crippen molar-refractivity contribution in [2.24, 2.45) is 10.2 Å². The number of pyridine rings is 1. The fraction of sp³-hybridized carbons (Fsp3) is 0.0714. The molecule has 0 saturated carbocycles. The van der Waals surface area contributed by atoms with Gasteiger partial charge < -0.3 is 0 Å². The van der Waals surface area contributed by atoms with Gasteiger partial charge >= 0.3 is 0 Å². The van der Waals surface area contributed by atoms with Gasteiger partial charge in [0.1, 0.15) is 5.65 Å². The van der Waals surface area contributed by atoms with Crippen molar-refractivity contribution in [3.8, 4) is 0 Å². The fourth-order valence-corrected chi connectivity index (χ4v) is 2.62. The van der Waals surface area contributed by atoms with E-state index in [4.69, 9.17) is 34.8 Å². The molecule has 0 fully saturated rings. The maximum Gasteiger partial charge on any atom is 0.182 e. The van der Waals surface area contributed by atoms with Crippen molar-refractivity contribution < 1.29 is 0 Å². The highest BCUT2D eigenvalue weighted by Crippen LogP contribution is 2.28. The third-order valence-corrected chi connectivity index (χ3v) is 3.49. The standard InChI is InChI=1S/C14H9Cl3N4/c1-8-14(21-7-9(15)2-3-13(21)18-8)20-19-12-5-10(16)4-11(17)6-12/h2-7H,1H3. The van der Waals surface area contributed by atoms with Gasteiger partial charge in [-0.25, -0.2) is 4.98 Å². The second-order valence-electron chi connectivity index (χ2n) is 4.42. The van der Waals surface area contributed by atoms with Crippen LogP contribution in [0.15, 0.2) is 46.8 Å². The summed E-state index contributed by atoms with van der Waals surface area (Å²) < 4.78 is 1.79. The van der Waals surface area contributed by atoms with E-state index in [-0.39, 0.29) is 0 Å². The van der Waals surface area contributed by atoms with E-state index in [2.05, 4.69) is 15.2 Å². The molecule has 3 rings (SSSR count).